The molecular weight excluding hydrogens is 867 g/mol. The Morgan fingerprint density at radius 2 is 1.57 bits per heavy atom. The predicted octanol–water partition coefficient (Wildman–Crippen LogP) is 3.19. The summed E-state index contributed by atoms with van der Waals surface area (Å²) in [5.74, 6) is -5.95. The number of aliphatic hydroxyl groups is 5. The molecule has 0 saturated carbocycles. The van der Waals surface area contributed by atoms with Crippen molar-refractivity contribution in [2.45, 2.75) is 179 Å². The van der Waals surface area contributed by atoms with Crippen LogP contribution >= 0.6 is 0 Å². The number of likely N-dealkylation sites (N-methyl/N-ethyl adjacent to an activating group) is 1. The fourth-order valence-corrected chi connectivity index (χ4v) is 10.3. The molecule has 67 heavy (non-hydrogen) atoms. The molecular formula is C50H77N3O14. The first kappa shape index (κ1) is 54.5. The van der Waals surface area contributed by atoms with E-state index < -0.39 is 108 Å². The largest absolute Gasteiger partial charge is 0.459 e. The van der Waals surface area contributed by atoms with Gasteiger partial charge in [0.05, 0.1) is 54.1 Å². The number of aliphatic hydroxyl groups excluding tert-OH is 3. The van der Waals surface area contributed by atoms with E-state index in [0.717, 1.165) is 16.7 Å². The molecule has 0 spiro atoms. The van der Waals surface area contributed by atoms with Gasteiger partial charge in [-0.1, -0.05) is 45.0 Å². The van der Waals surface area contributed by atoms with Crippen molar-refractivity contribution in [2.24, 2.45) is 23.7 Å². The molecule has 17 heteroatoms. The van der Waals surface area contributed by atoms with Crippen molar-refractivity contribution < 1.29 is 68.3 Å². The zero-order valence-corrected chi connectivity index (χ0v) is 41.3. The van der Waals surface area contributed by atoms with Crippen LogP contribution in [-0.2, 0) is 49.2 Å². The molecule has 3 fully saturated rings. The third-order valence-corrected chi connectivity index (χ3v) is 14.5. The van der Waals surface area contributed by atoms with Crippen molar-refractivity contribution in [3.05, 3.63) is 54.4 Å². The molecule has 1 aromatic heterocycles. The number of cyclic esters (lactones) is 1. The van der Waals surface area contributed by atoms with Gasteiger partial charge in [0.15, 0.2) is 12.6 Å². The van der Waals surface area contributed by atoms with Gasteiger partial charge in [0.25, 0.3) is 0 Å². The van der Waals surface area contributed by atoms with Crippen molar-refractivity contribution in [3.8, 4) is 11.1 Å². The number of methoxy groups -OCH3 is 1. The number of ether oxygens (including phenoxy) is 6. The first-order valence-corrected chi connectivity index (χ1v) is 23.6. The third-order valence-electron chi connectivity index (χ3n) is 14.5. The first-order valence-electron chi connectivity index (χ1n) is 23.6. The summed E-state index contributed by atoms with van der Waals surface area (Å²) < 4.78 is 37.7. The second-order valence-electron chi connectivity index (χ2n) is 20.3. The van der Waals surface area contributed by atoms with Gasteiger partial charge >= 0.3 is 5.97 Å². The maximum absolute atomic E-state index is 14.7. The first-order chi connectivity index (χ1) is 31.3. The Labute approximate surface area is 395 Å². The van der Waals surface area contributed by atoms with Crippen molar-refractivity contribution in [1.82, 2.24) is 15.2 Å². The molecule has 0 bridgehead atoms. The lowest BCUT2D eigenvalue weighted by atomic mass is 9.74. The normalized spacial score (nSPS) is 40.5. The highest BCUT2D eigenvalue weighted by Crippen LogP contribution is 2.41. The molecule has 6 N–H and O–H groups in total. The van der Waals surface area contributed by atoms with Gasteiger partial charge in [-0.3, -0.25) is 19.4 Å². The minimum atomic E-state index is -2.22. The van der Waals surface area contributed by atoms with Crippen molar-refractivity contribution >= 4 is 17.7 Å². The lowest BCUT2D eigenvalue weighted by Crippen LogP contribution is -2.61. The van der Waals surface area contributed by atoms with Gasteiger partial charge in [0.1, 0.15) is 29.7 Å². The van der Waals surface area contributed by atoms with E-state index in [1.165, 1.54) is 27.9 Å². The lowest BCUT2D eigenvalue weighted by Gasteiger charge is -2.49. The van der Waals surface area contributed by atoms with E-state index in [2.05, 4.69) is 10.3 Å². The average molecular weight is 944 g/mol. The van der Waals surface area contributed by atoms with E-state index in [1.54, 1.807) is 47.0 Å². The quantitative estimate of drug-likeness (QED) is 0.168. The number of Topliss-reactive ketones (excluding diaryl/α,β-unsaturated/α-hetero) is 1. The molecule has 3 saturated heterocycles. The number of esters is 1. The summed E-state index contributed by atoms with van der Waals surface area (Å²) in [5.41, 5.74) is -2.60. The molecule has 2 aromatic rings. The molecule has 1 amide bonds. The number of aromatic nitrogens is 1. The van der Waals surface area contributed by atoms with E-state index in [9.17, 15) is 39.9 Å². The second-order valence-corrected chi connectivity index (χ2v) is 20.3. The Kier molecular flexibility index (Phi) is 18.3. The van der Waals surface area contributed by atoms with Gasteiger partial charge in [-0.2, -0.15) is 0 Å². The zero-order chi connectivity index (χ0) is 49.8. The van der Waals surface area contributed by atoms with Crippen LogP contribution in [0.1, 0.15) is 93.6 Å². The highest BCUT2D eigenvalue weighted by molar-refractivity contribution is 5.83. The summed E-state index contributed by atoms with van der Waals surface area (Å²) >= 11 is 0. The standard InChI is InChI=1S/C50H77N3O14/c1-27-25-48(7,60)45(67-47-41(56)36(53(10)11)22-28(2)63-47)30(4)42(66-39-26-49(8,62-12)44(58)32(6)64-39)31(5)46(59)65-37(50(9,61)43(57)29(3)40(27)55)18-21-52-38(54)24-33-14-13-15-35(23-33)34-16-19-51-20-17-34/h13-17,19-20,23,27-32,36-37,39,41-45,47,56-58,60-61H,18,21-22,24-26H2,1-12H3,(H,52,54)/t27-,28?,29+,30+,31-,32?,36?,37-,39?,41?,42+,43-,44?,45-,47?,48-,49?,50-/m1/s1. The van der Waals surface area contributed by atoms with E-state index in [0.29, 0.717) is 6.42 Å². The number of pyridine rings is 1. The Morgan fingerprint density at radius 1 is 0.896 bits per heavy atom. The molecule has 0 aliphatic carbocycles. The van der Waals surface area contributed by atoms with Crippen LogP contribution in [0.3, 0.4) is 0 Å². The predicted molar refractivity (Wildman–Crippen MR) is 247 cm³/mol. The van der Waals surface area contributed by atoms with Gasteiger partial charge in [-0.25, -0.2) is 0 Å². The summed E-state index contributed by atoms with van der Waals surface area (Å²) in [5, 5.41) is 62.2. The van der Waals surface area contributed by atoms with Crippen LogP contribution < -0.4 is 5.32 Å². The fraction of sp³-hybridized carbons (Fsp3) is 0.720. The number of nitrogens with one attached hydrogen (secondary N) is 1. The molecule has 18 atom stereocenters. The van der Waals surface area contributed by atoms with E-state index in [4.69, 9.17) is 28.4 Å². The van der Waals surface area contributed by atoms with Crippen molar-refractivity contribution in [3.63, 3.8) is 0 Å². The van der Waals surface area contributed by atoms with Crippen LogP contribution in [0, 0.1) is 23.7 Å². The molecule has 0 radical (unpaired) electrons. The number of carbonyl (C=O) groups excluding carboxylic acids is 3. The van der Waals surface area contributed by atoms with Crippen LogP contribution in [0.4, 0.5) is 0 Å². The van der Waals surface area contributed by atoms with Gasteiger partial charge in [0, 0.05) is 62.7 Å². The Hall–Kier alpha value is -3.46. The van der Waals surface area contributed by atoms with Crippen molar-refractivity contribution in [2.75, 3.05) is 27.7 Å². The monoisotopic (exact) mass is 944 g/mol. The number of nitrogens with zero attached hydrogens (tertiary/aromatic N) is 2. The number of amides is 1. The topological polar surface area (TPSA) is 236 Å². The van der Waals surface area contributed by atoms with Crippen molar-refractivity contribution in [1.29, 1.82) is 0 Å². The highest BCUT2D eigenvalue weighted by atomic mass is 16.7. The van der Waals surface area contributed by atoms with Gasteiger partial charge < -0.3 is 64.2 Å². The maximum Gasteiger partial charge on any atom is 0.311 e. The lowest BCUT2D eigenvalue weighted by molar-refractivity contribution is -0.318. The summed E-state index contributed by atoms with van der Waals surface area (Å²) in [6.45, 7) is 14.3. The minimum absolute atomic E-state index is 0.0331. The summed E-state index contributed by atoms with van der Waals surface area (Å²) in [4.78, 5) is 48.2. The van der Waals surface area contributed by atoms with E-state index in [-0.39, 0.29) is 50.3 Å². The Bertz CT molecular complexity index is 1950. The molecule has 4 heterocycles. The third kappa shape index (κ3) is 12.9. The van der Waals surface area contributed by atoms with Gasteiger partial charge in [-0.15, -0.1) is 0 Å². The zero-order valence-electron chi connectivity index (χ0n) is 41.3. The number of rotatable bonds is 12. The van der Waals surface area contributed by atoms with Crippen LogP contribution in [0.2, 0.25) is 0 Å². The summed E-state index contributed by atoms with van der Waals surface area (Å²) in [6, 6.07) is 10.9. The number of benzene rings is 1. The van der Waals surface area contributed by atoms with Gasteiger partial charge in [0.2, 0.25) is 5.91 Å². The van der Waals surface area contributed by atoms with Crippen LogP contribution in [0.25, 0.3) is 11.1 Å². The number of hydrogen-bond donors (Lipinski definition) is 6. The molecule has 5 rings (SSSR count). The summed E-state index contributed by atoms with van der Waals surface area (Å²) in [7, 11) is 5.14. The van der Waals surface area contributed by atoms with E-state index in [1.807, 2.05) is 62.3 Å². The number of hydrogen-bond acceptors (Lipinski definition) is 16. The Morgan fingerprint density at radius 3 is 2.21 bits per heavy atom. The van der Waals surface area contributed by atoms with Crippen LogP contribution in [0.15, 0.2) is 48.8 Å². The molecule has 17 nitrogen and oxygen atoms in total. The summed E-state index contributed by atoms with van der Waals surface area (Å²) in [6.07, 6.45) is -7.72. The molecule has 1 aromatic carbocycles. The van der Waals surface area contributed by atoms with E-state index >= 15 is 0 Å². The SMILES string of the molecule is COC1(C)CC(O[C@H]2[C@H](C)[C@@H](OC3OC(C)CC(N(C)C)C3O)[C@](C)(O)C[C@@H](C)C(=O)[C@H](C)[C@@H](O)[C@](C)(O)[C@@H](CCNC(=O)Cc3cccc(-c4ccncc4)c3)OC(=O)[C@@H]2C)OC(C)C1O. The fourth-order valence-electron chi connectivity index (χ4n) is 10.3. The van der Waals surface area contributed by atoms with Gasteiger partial charge in [-0.05, 0) is 97.3 Å². The van der Waals surface area contributed by atoms with Crippen LogP contribution in [-0.4, -0.2) is 165 Å². The smallest absolute Gasteiger partial charge is 0.311 e. The van der Waals surface area contributed by atoms with Crippen LogP contribution in [0.5, 0.6) is 0 Å². The number of ketones is 1. The molecule has 3 aliphatic rings. The Balaban J connectivity index is 1.50. The molecule has 376 valence electrons. The molecule has 8 unspecified atom stereocenters. The number of carbonyl (C=O) groups is 3. The molecule has 3 aliphatic heterocycles. The second kappa shape index (κ2) is 22.5. The minimum Gasteiger partial charge on any atom is -0.459 e. The average Bonchev–Trinajstić information content (AvgIpc) is 3.28. The maximum atomic E-state index is 14.7. The highest BCUT2D eigenvalue weighted by Gasteiger charge is 2.53.